The van der Waals surface area contributed by atoms with Crippen LogP contribution in [0.2, 0.25) is 5.02 Å². The second-order valence-electron chi connectivity index (χ2n) is 5.10. The summed E-state index contributed by atoms with van der Waals surface area (Å²) in [5.74, 6) is -0.214. The SMILES string of the molecule is Cc1cc(NC(=O)Cn2nc(-c3ccc(Cl)cc3)ccc2=O)on1. The van der Waals surface area contributed by atoms with Gasteiger partial charge in [-0.3, -0.25) is 14.9 Å². The molecule has 2 heterocycles. The summed E-state index contributed by atoms with van der Waals surface area (Å²) < 4.78 is 5.99. The number of benzene rings is 1. The normalized spacial score (nSPS) is 10.6. The van der Waals surface area contributed by atoms with Gasteiger partial charge in [0.1, 0.15) is 6.54 Å². The first kappa shape index (κ1) is 15.9. The Morgan fingerprint density at radius 1 is 1.25 bits per heavy atom. The molecule has 0 saturated heterocycles. The molecule has 0 spiro atoms. The van der Waals surface area contributed by atoms with E-state index in [2.05, 4.69) is 15.6 Å². The van der Waals surface area contributed by atoms with Crippen LogP contribution in [0.1, 0.15) is 5.69 Å². The number of carbonyl (C=O) groups excluding carboxylic acids is 1. The minimum atomic E-state index is -0.436. The fourth-order valence-corrected chi connectivity index (χ4v) is 2.20. The smallest absolute Gasteiger partial charge is 0.267 e. The van der Waals surface area contributed by atoms with Gasteiger partial charge in [0.15, 0.2) is 0 Å². The maximum absolute atomic E-state index is 12.0. The molecule has 0 bridgehead atoms. The van der Waals surface area contributed by atoms with Crippen molar-refractivity contribution in [1.82, 2.24) is 14.9 Å². The van der Waals surface area contributed by atoms with Crippen molar-refractivity contribution in [1.29, 1.82) is 0 Å². The summed E-state index contributed by atoms with van der Waals surface area (Å²) in [6.07, 6.45) is 0. The van der Waals surface area contributed by atoms with Gasteiger partial charge in [0.05, 0.1) is 11.4 Å². The molecule has 3 aromatic rings. The minimum Gasteiger partial charge on any atom is -0.338 e. The van der Waals surface area contributed by atoms with Crippen LogP contribution in [0, 0.1) is 6.92 Å². The van der Waals surface area contributed by atoms with Crippen molar-refractivity contribution in [2.45, 2.75) is 13.5 Å². The number of nitrogens with zero attached hydrogens (tertiary/aromatic N) is 3. The Kier molecular flexibility index (Phi) is 4.43. The molecule has 24 heavy (non-hydrogen) atoms. The van der Waals surface area contributed by atoms with Crippen LogP contribution in [0.3, 0.4) is 0 Å². The average molecular weight is 345 g/mol. The number of halogens is 1. The van der Waals surface area contributed by atoms with Crippen molar-refractivity contribution in [3.05, 3.63) is 63.5 Å². The molecule has 0 unspecified atom stereocenters. The summed E-state index contributed by atoms with van der Waals surface area (Å²) in [6, 6.07) is 11.6. The molecule has 0 saturated carbocycles. The van der Waals surface area contributed by atoms with Crippen LogP contribution in [0.15, 0.2) is 51.8 Å². The van der Waals surface area contributed by atoms with E-state index in [0.717, 1.165) is 10.2 Å². The first-order chi connectivity index (χ1) is 11.5. The number of nitrogens with one attached hydrogen (secondary N) is 1. The van der Waals surface area contributed by atoms with Crippen LogP contribution < -0.4 is 10.9 Å². The number of hydrogen-bond donors (Lipinski definition) is 1. The van der Waals surface area contributed by atoms with Crippen LogP contribution >= 0.6 is 11.6 Å². The van der Waals surface area contributed by atoms with E-state index in [4.69, 9.17) is 16.1 Å². The first-order valence-corrected chi connectivity index (χ1v) is 7.46. The average Bonchev–Trinajstić information content (AvgIpc) is 2.95. The number of anilines is 1. The zero-order valence-corrected chi connectivity index (χ0v) is 13.4. The van der Waals surface area contributed by atoms with E-state index >= 15 is 0 Å². The standard InChI is InChI=1S/C16H13ClN4O3/c1-10-8-15(24-20-10)18-14(22)9-21-16(23)7-6-13(19-21)11-2-4-12(17)5-3-11/h2-8H,9H2,1H3,(H,18,22). The molecule has 1 amide bonds. The van der Waals surface area contributed by atoms with Gasteiger partial charge in [-0.15, -0.1) is 0 Å². The lowest BCUT2D eigenvalue weighted by molar-refractivity contribution is -0.117. The molecule has 7 nitrogen and oxygen atoms in total. The van der Waals surface area contributed by atoms with E-state index in [1.54, 1.807) is 43.3 Å². The number of amides is 1. The number of aromatic nitrogens is 3. The molecule has 1 aromatic carbocycles. The summed E-state index contributed by atoms with van der Waals surface area (Å²) in [6.45, 7) is 1.50. The van der Waals surface area contributed by atoms with E-state index in [0.29, 0.717) is 16.4 Å². The summed E-state index contributed by atoms with van der Waals surface area (Å²) in [5.41, 5.74) is 1.62. The minimum absolute atomic E-state index is 0.222. The molecule has 8 heteroatoms. The zero-order valence-electron chi connectivity index (χ0n) is 12.7. The monoisotopic (exact) mass is 344 g/mol. The Morgan fingerprint density at radius 2 is 2.00 bits per heavy atom. The summed E-state index contributed by atoms with van der Waals surface area (Å²) in [7, 11) is 0. The fourth-order valence-electron chi connectivity index (χ4n) is 2.07. The largest absolute Gasteiger partial charge is 0.338 e. The molecule has 0 fully saturated rings. The third-order valence-electron chi connectivity index (χ3n) is 3.19. The number of hydrogen-bond acceptors (Lipinski definition) is 5. The Morgan fingerprint density at radius 3 is 2.67 bits per heavy atom. The van der Waals surface area contributed by atoms with Gasteiger partial charge in [0.25, 0.3) is 5.56 Å². The van der Waals surface area contributed by atoms with Gasteiger partial charge in [0.2, 0.25) is 11.8 Å². The van der Waals surface area contributed by atoms with E-state index in [1.165, 1.54) is 6.07 Å². The first-order valence-electron chi connectivity index (χ1n) is 7.08. The molecule has 0 aliphatic heterocycles. The molecule has 0 radical (unpaired) electrons. The van der Waals surface area contributed by atoms with Crippen LogP contribution in [-0.2, 0) is 11.3 Å². The third-order valence-corrected chi connectivity index (χ3v) is 3.44. The highest BCUT2D eigenvalue weighted by molar-refractivity contribution is 6.30. The Labute approximate surface area is 141 Å². The fraction of sp³-hybridized carbons (Fsp3) is 0.125. The third kappa shape index (κ3) is 3.69. The lowest BCUT2D eigenvalue weighted by Crippen LogP contribution is -2.29. The summed E-state index contributed by atoms with van der Waals surface area (Å²) >= 11 is 5.86. The maximum Gasteiger partial charge on any atom is 0.267 e. The van der Waals surface area contributed by atoms with Crippen molar-refractivity contribution in [2.24, 2.45) is 0 Å². The quantitative estimate of drug-likeness (QED) is 0.785. The Balaban J connectivity index is 1.80. The van der Waals surface area contributed by atoms with Gasteiger partial charge >= 0.3 is 0 Å². The molecule has 1 N–H and O–H groups in total. The molecule has 3 rings (SSSR count). The van der Waals surface area contributed by atoms with Crippen LogP contribution in [0.4, 0.5) is 5.88 Å². The maximum atomic E-state index is 12.0. The van der Waals surface area contributed by atoms with Gasteiger partial charge in [-0.1, -0.05) is 28.9 Å². The molecular formula is C16H13ClN4O3. The second kappa shape index (κ2) is 6.67. The molecule has 0 atom stereocenters. The van der Waals surface area contributed by atoms with Crippen molar-refractivity contribution < 1.29 is 9.32 Å². The van der Waals surface area contributed by atoms with E-state index in [-0.39, 0.29) is 18.0 Å². The van der Waals surface area contributed by atoms with Gasteiger partial charge in [-0.05, 0) is 25.1 Å². The number of carbonyl (C=O) groups is 1. The number of rotatable bonds is 4. The number of aryl methyl sites for hydroxylation is 1. The zero-order chi connectivity index (χ0) is 17.1. The summed E-state index contributed by atoms with van der Waals surface area (Å²) in [4.78, 5) is 23.9. The van der Waals surface area contributed by atoms with Crippen molar-refractivity contribution in [3.63, 3.8) is 0 Å². The second-order valence-corrected chi connectivity index (χ2v) is 5.54. The van der Waals surface area contributed by atoms with Gasteiger partial charge in [-0.25, -0.2) is 4.68 Å². The Bertz CT molecular complexity index is 931. The Hall–Kier alpha value is -2.93. The molecule has 122 valence electrons. The highest BCUT2D eigenvalue weighted by Crippen LogP contribution is 2.18. The highest BCUT2D eigenvalue weighted by Gasteiger charge is 2.10. The lowest BCUT2D eigenvalue weighted by Gasteiger charge is -2.07. The van der Waals surface area contributed by atoms with Crippen molar-refractivity contribution in [3.8, 4) is 11.3 Å². The van der Waals surface area contributed by atoms with Crippen LogP contribution in [-0.4, -0.2) is 20.8 Å². The van der Waals surface area contributed by atoms with E-state index < -0.39 is 5.91 Å². The van der Waals surface area contributed by atoms with Gasteiger partial charge < -0.3 is 4.52 Å². The predicted octanol–water partition coefficient (Wildman–Crippen LogP) is 2.50. The van der Waals surface area contributed by atoms with E-state index in [9.17, 15) is 9.59 Å². The molecular weight excluding hydrogens is 332 g/mol. The van der Waals surface area contributed by atoms with Crippen LogP contribution in [0.25, 0.3) is 11.3 Å². The highest BCUT2D eigenvalue weighted by atomic mass is 35.5. The van der Waals surface area contributed by atoms with Crippen molar-refractivity contribution >= 4 is 23.4 Å². The topological polar surface area (TPSA) is 90.0 Å². The molecule has 0 aliphatic rings. The van der Waals surface area contributed by atoms with Crippen molar-refractivity contribution in [2.75, 3.05) is 5.32 Å². The molecule has 2 aromatic heterocycles. The molecule has 0 aliphatic carbocycles. The predicted molar refractivity (Wildman–Crippen MR) is 88.8 cm³/mol. The summed E-state index contributed by atoms with van der Waals surface area (Å²) in [5, 5.41) is 11.0. The lowest BCUT2D eigenvalue weighted by atomic mass is 10.1. The van der Waals surface area contributed by atoms with Gasteiger partial charge in [-0.2, -0.15) is 5.10 Å². The van der Waals surface area contributed by atoms with Gasteiger partial charge in [0, 0.05) is 22.7 Å². The van der Waals surface area contributed by atoms with E-state index in [1.807, 2.05) is 0 Å². The van der Waals surface area contributed by atoms with Crippen LogP contribution in [0.5, 0.6) is 0 Å².